The highest BCUT2D eigenvalue weighted by Gasteiger charge is 2.23. The fourth-order valence-electron chi connectivity index (χ4n) is 5.17. The summed E-state index contributed by atoms with van der Waals surface area (Å²) in [6.45, 7) is 4.12. The number of nitrogens with zero attached hydrogens (tertiary/aromatic N) is 4. The molecule has 33 heavy (non-hydrogen) atoms. The van der Waals surface area contributed by atoms with Crippen LogP contribution in [0.15, 0.2) is 36.4 Å². The minimum Gasteiger partial charge on any atom is -0.507 e. The van der Waals surface area contributed by atoms with Crippen molar-refractivity contribution in [2.24, 2.45) is 5.92 Å². The minimum absolute atomic E-state index is 0.0236. The summed E-state index contributed by atoms with van der Waals surface area (Å²) in [6, 6.07) is 11.5. The molecule has 1 amide bonds. The lowest BCUT2D eigenvalue weighted by Gasteiger charge is -2.34. The average molecular weight is 448 g/mol. The number of aromatic nitrogens is 2. The van der Waals surface area contributed by atoms with Crippen molar-refractivity contribution in [2.75, 3.05) is 50.1 Å². The standard InChI is InChI=1S/C26H33N5O2/c1-29-11-13-31(14-12-29)20-9-7-19(8-10-20)30(2)26(33)22-16-21-23(15-18-5-3-4-6-18)27-28-24(21)17-25(22)32/h7-10,16-18,32H,3-6,11-15H2,1-2H3,(H,27,28). The fourth-order valence-corrected chi connectivity index (χ4v) is 5.17. The van der Waals surface area contributed by atoms with Gasteiger partial charge >= 0.3 is 0 Å². The lowest BCUT2D eigenvalue weighted by Crippen LogP contribution is -2.44. The number of aromatic amines is 1. The molecule has 2 aliphatic rings. The fraction of sp³-hybridized carbons (Fsp3) is 0.462. The van der Waals surface area contributed by atoms with E-state index < -0.39 is 0 Å². The SMILES string of the molecule is CN1CCN(c2ccc(N(C)C(=O)c3cc4c(CC5CCCC5)n[nH]c4cc3O)cc2)CC1. The molecule has 0 spiro atoms. The zero-order valence-electron chi connectivity index (χ0n) is 19.5. The van der Waals surface area contributed by atoms with Crippen LogP contribution in [0.4, 0.5) is 11.4 Å². The molecule has 2 N–H and O–H groups in total. The van der Waals surface area contributed by atoms with Crippen LogP contribution in [0.1, 0.15) is 41.7 Å². The maximum Gasteiger partial charge on any atom is 0.261 e. The van der Waals surface area contributed by atoms with E-state index >= 15 is 0 Å². The van der Waals surface area contributed by atoms with Crippen molar-refractivity contribution in [2.45, 2.75) is 32.1 Å². The average Bonchev–Trinajstić information content (AvgIpc) is 3.48. The number of likely N-dealkylation sites (N-methyl/N-ethyl adjacent to an activating group) is 1. The monoisotopic (exact) mass is 447 g/mol. The molecule has 7 nitrogen and oxygen atoms in total. The molecule has 7 heteroatoms. The number of H-pyrrole nitrogens is 1. The number of rotatable bonds is 5. The normalized spacial score (nSPS) is 17.7. The second kappa shape index (κ2) is 9.06. The molecular weight excluding hydrogens is 414 g/mol. The molecule has 0 unspecified atom stereocenters. The van der Waals surface area contributed by atoms with Gasteiger partial charge in [0, 0.05) is 56.1 Å². The summed E-state index contributed by atoms with van der Waals surface area (Å²) < 4.78 is 0. The Morgan fingerprint density at radius 3 is 2.52 bits per heavy atom. The second-order valence-electron chi connectivity index (χ2n) is 9.61. The van der Waals surface area contributed by atoms with Crippen molar-refractivity contribution in [3.05, 3.63) is 47.7 Å². The summed E-state index contributed by atoms with van der Waals surface area (Å²) in [7, 11) is 3.90. The third-order valence-electron chi connectivity index (χ3n) is 7.36. The third-order valence-corrected chi connectivity index (χ3v) is 7.36. The van der Waals surface area contributed by atoms with Crippen LogP contribution in [0.25, 0.3) is 10.9 Å². The highest BCUT2D eigenvalue weighted by Crippen LogP contribution is 2.32. The molecule has 1 saturated carbocycles. The number of hydrogen-bond acceptors (Lipinski definition) is 5. The number of fused-ring (bicyclic) bond motifs is 1. The van der Waals surface area contributed by atoms with E-state index in [1.807, 2.05) is 12.1 Å². The van der Waals surface area contributed by atoms with Gasteiger partial charge in [-0.05, 0) is 49.7 Å². The first-order chi connectivity index (χ1) is 16.0. The van der Waals surface area contributed by atoms with Gasteiger partial charge in [0.25, 0.3) is 5.91 Å². The Kier molecular flexibility index (Phi) is 5.98. The molecule has 2 aromatic carbocycles. The van der Waals surface area contributed by atoms with Crippen molar-refractivity contribution in [1.29, 1.82) is 0 Å². The Morgan fingerprint density at radius 1 is 1.12 bits per heavy atom. The van der Waals surface area contributed by atoms with E-state index in [0.29, 0.717) is 11.5 Å². The van der Waals surface area contributed by atoms with Crippen LogP contribution >= 0.6 is 0 Å². The van der Waals surface area contributed by atoms with E-state index in [0.717, 1.165) is 54.9 Å². The summed E-state index contributed by atoms with van der Waals surface area (Å²) in [5, 5.41) is 19.1. The number of anilines is 2. The van der Waals surface area contributed by atoms with Gasteiger partial charge in [0.1, 0.15) is 5.75 Å². The molecule has 2 heterocycles. The van der Waals surface area contributed by atoms with Crippen LogP contribution in [-0.4, -0.2) is 66.4 Å². The quantitative estimate of drug-likeness (QED) is 0.618. The Hall–Kier alpha value is -3.06. The first-order valence-corrected chi connectivity index (χ1v) is 12.0. The van der Waals surface area contributed by atoms with Gasteiger partial charge in [-0.25, -0.2) is 0 Å². The first kappa shape index (κ1) is 21.8. The first-order valence-electron chi connectivity index (χ1n) is 12.0. The lowest BCUT2D eigenvalue weighted by molar-refractivity contribution is 0.0990. The summed E-state index contributed by atoms with van der Waals surface area (Å²) in [5.41, 5.74) is 4.05. The van der Waals surface area contributed by atoms with Crippen molar-refractivity contribution in [1.82, 2.24) is 15.1 Å². The topological polar surface area (TPSA) is 75.7 Å². The van der Waals surface area contributed by atoms with Gasteiger partial charge in [-0.3, -0.25) is 9.89 Å². The van der Waals surface area contributed by atoms with Gasteiger partial charge in [-0.15, -0.1) is 0 Å². The van der Waals surface area contributed by atoms with Crippen LogP contribution in [0.3, 0.4) is 0 Å². The lowest BCUT2D eigenvalue weighted by atomic mass is 9.99. The predicted molar refractivity (Wildman–Crippen MR) is 132 cm³/mol. The van der Waals surface area contributed by atoms with Crippen molar-refractivity contribution < 1.29 is 9.90 Å². The number of hydrogen-bond donors (Lipinski definition) is 2. The molecule has 174 valence electrons. The Labute approximate surface area is 195 Å². The summed E-state index contributed by atoms with van der Waals surface area (Å²) in [6.07, 6.45) is 5.98. The molecule has 1 saturated heterocycles. The largest absolute Gasteiger partial charge is 0.507 e. The number of carbonyl (C=O) groups excluding carboxylic acids is 1. The number of carbonyl (C=O) groups is 1. The number of nitrogens with one attached hydrogen (secondary N) is 1. The molecular formula is C26H33N5O2. The van der Waals surface area contributed by atoms with Crippen LogP contribution in [0.5, 0.6) is 5.75 Å². The number of phenols is 1. The Morgan fingerprint density at radius 2 is 1.82 bits per heavy atom. The van der Waals surface area contributed by atoms with Crippen LogP contribution in [0, 0.1) is 5.92 Å². The molecule has 1 aliphatic carbocycles. The minimum atomic E-state index is -0.227. The molecule has 1 aliphatic heterocycles. The highest BCUT2D eigenvalue weighted by molar-refractivity contribution is 6.09. The van der Waals surface area contributed by atoms with E-state index in [4.69, 9.17) is 0 Å². The summed E-state index contributed by atoms with van der Waals surface area (Å²) in [4.78, 5) is 19.6. The third kappa shape index (κ3) is 4.42. The van der Waals surface area contributed by atoms with Crippen LogP contribution < -0.4 is 9.80 Å². The molecule has 5 rings (SSSR count). The van der Waals surface area contributed by atoms with Gasteiger partial charge in [0.15, 0.2) is 0 Å². The van der Waals surface area contributed by atoms with E-state index in [2.05, 4.69) is 39.2 Å². The molecule has 2 fully saturated rings. The van der Waals surface area contributed by atoms with Crippen molar-refractivity contribution in [3.8, 4) is 5.75 Å². The zero-order chi connectivity index (χ0) is 22.9. The van der Waals surface area contributed by atoms with Gasteiger partial charge in [-0.1, -0.05) is 25.7 Å². The molecule has 1 aromatic heterocycles. The predicted octanol–water partition coefficient (Wildman–Crippen LogP) is 4.03. The number of benzene rings is 2. The number of amides is 1. The molecule has 3 aromatic rings. The van der Waals surface area contributed by atoms with Gasteiger partial charge in [-0.2, -0.15) is 5.10 Å². The second-order valence-corrected chi connectivity index (χ2v) is 9.61. The van der Waals surface area contributed by atoms with E-state index in [9.17, 15) is 9.90 Å². The maximum absolute atomic E-state index is 13.3. The van der Waals surface area contributed by atoms with Gasteiger partial charge in [0.05, 0.1) is 16.8 Å². The summed E-state index contributed by atoms with van der Waals surface area (Å²) in [5.74, 6) is 0.408. The Bertz CT molecular complexity index is 1130. The number of aromatic hydroxyl groups is 1. The molecule has 0 radical (unpaired) electrons. The zero-order valence-corrected chi connectivity index (χ0v) is 19.5. The van der Waals surface area contributed by atoms with E-state index in [1.165, 1.54) is 31.4 Å². The smallest absolute Gasteiger partial charge is 0.261 e. The molecule has 0 atom stereocenters. The van der Waals surface area contributed by atoms with E-state index in [1.54, 1.807) is 24.1 Å². The maximum atomic E-state index is 13.3. The number of piperazine rings is 1. The van der Waals surface area contributed by atoms with Crippen LogP contribution in [-0.2, 0) is 6.42 Å². The van der Waals surface area contributed by atoms with Crippen LogP contribution in [0.2, 0.25) is 0 Å². The highest BCUT2D eigenvalue weighted by atomic mass is 16.3. The van der Waals surface area contributed by atoms with Gasteiger partial charge < -0.3 is 19.8 Å². The number of phenolic OH excluding ortho intramolecular Hbond substituents is 1. The molecule has 0 bridgehead atoms. The van der Waals surface area contributed by atoms with Crippen molar-refractivity contribution in [3.63, 3.8) is 0 Å². The Balaban J connectivity index is 1.35. The van der Waals surface area contributed by atoms with Crippen molar-refractivity contribution >= 4 is 28.2 Å². The van der Waals surface area contributed by atoms with Gasteiger partial charge in [0.2, 0.25) is 0 Å². The van der Waals surface area contributed by atoms with E-state index in [-0.39, 0.29) is 11.7 Å². The summed E-state index contributed by atoms with van der Waals surface area (Å²) >= 11 is 0.